The van der Waals surface area contributed by atoms with Gasteiger partial charge in [0.25, 0.3) is 0 Å². The molecule has 0 amide bonds. The fraction of sp³-hybridized carbons (Fsp3) is 0.533. The summed E-state index contributed by atoms with van der Waals surface area (Å²) in [7, 11) is 2.97. The van der Waals surface area contributed by atoms with Gasteiger partial charge in [-0.15, -0.1) is 0 Å². The summed E-state index contributed by atoms with van der Waals surface area (Å²) in [6.07, 6.45) is 0.800. The number of methoxy groups -OCH3 is 2. The Morgan fingerprint density at radius 3 is 2.74 bits per heavy atom. The average Bonchev–Trinajstić information content (AvgIpc) is 2.45. The Bertz CT molecular complexity index is 469. The summed E-state index contributed by atoms with van der Waals surface area (Å²) in [6.45, 7) is 2.03. The minimum Gasteiger partial charge on any atom is -0.496 e. The topological polar surface area (TPSA) is 55.8 Å². The fourth-order valence-corrected chi connectivity index (χ4v) is 3.01. The lowest BCUT2D eigenvalue weighted by atomic mass is 9.72. The van der Waals surface area contributed by atoms with E-state index in [0.29, 0.717) is 12.2 Å². The number of rotatable bonds is 3. The van der Waals surface area contributed by atoms with Gasteiger partial charge in [-0.05, 0) is 24.0 Å². The molecule has 1 N–H and O–H groups in total. The Balaban J connectivity index is 2.55. The molecule has 0 radical (unpaired) electrons. The highest BCUT2D eigenvalue weighted by Gasteiger charge is 2.39. The van der Waals surface area contributed by atoms with Crippen LogP contribution in [0.25, 0.3) is 0 Å². The van der Waals surface area contributed by atoms with E-state index in [4.69, 9.17) is 9.47 Å². The zero-order chi connectivity index (χ0) is 14.0. The first-order chi connectivity index (χ1) is 9.13. The minimum absolute atomic E-state index is 0.0991. The van der Waals surface area contributed by atoms with Gasteiger partial charge in [-0.3, -0.25) is 4.79 Å². The molecule has 4 nitrogen and oxygen atoms in total. The Kier molecular flexibility index (Phi) is 4.10. The van der Waals surface area contributed by atoms with Gasteiger partial charge in [-0.25, -0.2) is 0 Å². The van der Waals surface area contributed by atoms with Crippen molar-refractivity contribution in [3.05, 3.63) is 29.3 Å². The van der Waals surface area contributed by atoms with Crippen molar-refractivity contribution in [2.75, 3.05) is 14.2 Å². The molecule has 3 unspecified atom stereocenters. The lowest BCUT2D eigenvalue weighted by Gasteiger charge is -2.34. The number of hydrogen-bond donors (Lipinski definition) is 1. The molecule has 0 fully saturated rings. The first kappa shape index (κ1) is 13.9. The molecule has 19 heavy (non-hydrogen) atoms. The molecule has 1 aromatic rings. The van der Waals surface area contributed by atoms with Crippen LogP contribution >= 0.6 is 0 Å². The van der Waals surface area contributed by atoms with E-state index in [1.54, 1.807) is 7.11 Å². The molecule has 0 aromatic heterocycles. The third-order valence-electron chi connectivity index (χ3n) is 3.96. The van der Waals surface area contributed by atoms with Crippen LogP contribution in [0.4, 0.5) is 0 Å². The average molecular weight is 264 g/mol. The summed E-state index contributed by atoms with van der Waals surface area (Å²) in [4.78, 5) is 12.1. The zero-order valence-corrected chi connectivity index (χ0v) is 11.6. The Hall–Kier alpha value is -1.55. The van der Waals surface area contributed by atoms with Crippen LogP contribution in [0.1, 0.15) is 42.9 Å². The van der Waals surface area contributed by atoms with Crippen LogP contribution in [0.15, 0.2) is 18.2 Å². The van der Waals surface area contributed by atoms with Gasteiger partial charge in [0.15, 0.2) is 0 Å². The van der Waals surface area contributed by atoms with Crippen LogP contribution in [0, 0.1) is 5.92 Å². The molecule has 1 aliphatic rings. The molecule has 0 spiro atoms. The van der Waals surface area contributed by atoms with E-state index >= 15 is 0 Å². The van der Waals surface area contributed by atoms with Gasteiger partial charge >= 0.3 is 5.97 Å². The van der Waals surface area contributed by atoms with E-state index in [0.717, 1.165) is 17.5 Å². The molecule has 0 heterocycles. The van der Waals surface area contributed by atoms with Gasteiger partial charge in [-0.2, -0.15) is 0 Å². The highest BCUT2D eigenvalue weighted by atomic mass is 16.5. The summed E-state index contributed by atoms with van der Waals surface area (Å²) in [5, 5.41) is 10.3. The maximum Gasteiger partial charge on any atom is 0.313 e. The number of hydrogen-bond acceptors (Lipinski definition) is 4. The minimum atomic E-state index is -0.586. The third kappa shape index (κ3) is 2.32. The van der Waals surface area contributed by atoms with Crippen LogP contribution in [-0.2, 0) is 9.53 Å². The lowest BCUT2D eigenvalue weighted by molar-refractivity contribution is -0.144. The van der Waals surface area contributed by atoms with Gasteiger partial charge in [0.1, 0.15) is 5.75 Å². The van der Waals surface area contributed by atoms with E-state index < -0.39 is 6.10 Å². The zero-order valence-electron chi connectivity index (χ0n) is 11.6. The fourth-order valence-electron chi connectivity index (χ4n) is 3.01. The number of ether oxygens (including phenoxy) is 2. The van der Waals surface area contributed by atoms with Gasteiger partial charge in [-0.1, -0.05) is 25.5 Å². The van der Waals surface area contributed by atoms with Crippen molar-refractivity contribution >= 4 is 5.97 Å². The molecule has 0 saturated carbocycles. The Morgan fingerprint density at radius 1 is 1.42 bits per heavy atom. The quantitative estimate of drug-likeness (QED) is 0.852. The first-order valence-corrected chi connectivity index (χ1v) is 6.56. The van der Waals surface area contributed by atoms with Crippen molar-refractivity contribution in [2.45, 2.75) is 31.8 Å². The van der Waals surface area contributed by atoms with Crippen molar-refractivity contribution in [2.24, 2.45) is 5.92 Å². The number of aliphatic hydroxyl groups excluding tert-OH is 1. The molecular weight excluding hydrogens is 244 g/mol. The second-order valence-corrected chi connectivity index (χ2v) is 4.88. The van der Waals surface area contributed by atoms with Crippen molar-refractivity contribution in [1.82, 2.24) is 0 Å². The van der Waals surface area contributed by atoms with Gasteiger partial charge in [0.05, 0.1) is 26.2 Å². The van der Waals surface area contributed by atoms with E-state index in [9.17, 15) is 9.90 Å². The van der Waals surface area contributed by atoms with Crippen molar-refractivity contribution < 1.29 is 19.4 Å². The maximum atomic E-state index is 12.1. The second kappa shape index (κ2) is 5.61. The highest BCUT2D eigenvalue weighted by molar-refractivity contribution is 5.80. The van der Waals surface area contributed by atoms with Gasteiger partial charge in [0, 0.05) is 5.56 Å². The molecule has 3 atom stereocenters. The molecule has 1 aromatic carbocycles. The summed E-state index contributed by atoms with van der Waals surface area (Å²) >= 11 is 0. The molecule has 2 rings (SSSR count). The summed E-state index contributed by atoms with van der Waals surface area (Å²) in [5.74, 6) is 0.173. The monoisotopic (exact) mass is 264 g/mol. The van der Waals surface area contributed by atoms with E-state index in [1.165, 1.54) is 7.11 Å². The van der Waals surface area contributed by atoms with Crippen LogP contribution in [0.2, 0.25) is 0 Å². The summed E-state index contributed by atoms with van der Waals surface area (Å²) in [5.41, 5.74) is 1.56. The molecule has 104 valence electrons. The van der Waals surface area contributed by atoms with Crippen molar-refractivity contribution in [3.8, 4) is 5.75 Å². The molecule has 0 saturated heterocycles. The Morgan fingerprint density at radius 2 is 2.16 bits per heavy atom. The van der Waals surface area contributed by atoms with Crippen LogP contribution in [-0.4, -0.2) is 25.3 Å². The van der Waals surface area contributed by atoms with E-state index in [2.05, 4.69) is 0 Å². The number of carbonyl (C=O) groups excluding carboxylic acids is 1. The predicted molar refractivity (Wildman–Crippen MR) is 71.1 cm³/mol. The van der Waals surface area contributed by atoms with E-state index in [1.807, 2.05) is 25.1 Å². The van der Waals surface area contributed by atoms with Crippen molar-refractivity contribution in [3.63, 3.8) is 0 Å². The number of esters is 1. The number of benzene rings is 1. The number of carbonyl (C=O) groups is 1. The van der Waals surface area contributed by atoms with Gasteiger partial charge < -0.3 is 14.6 Å². The van der Waals surface area contributed by atoms with Gasteiger partial charge in [0.2, 0.25) is 0 Å². The normalized spacial score (nSPS) is 25.6. The second-order valence-electron chi connectivity index (χ2n) is 4.88. The lowest BCUT2D eigenvalue weighted by Crippen LogP contribution is -2.30. The maximum absolute atomic E-state index is 12.1. The third-order valence-corrected chi connectivity index (χ3v) is 3.96. The number of fused-ring (bicyclic) bond motifs is 1. The van der Waals surface area contributed by atoms with Crippen LogP contribution in [0.5, 0.6) is 5.75 Å². The summed E-state index contributed by atoms with van der Waals surface area (Å²) in [6, 6.07) is 5.53. The summed E-state index contributed by atoms with van der Waals surface area (Å²) < 4.78 is 10.2. The Labute approximate surface area is 113 Å². The van der Waals surface area contributed by atoms with Crippen LogP contribution in [0.3, 0.4) is 0 Å². The SMILES string of the molecule is CCC1CC(O)c2c(OC)cccc2C1C(=O)OC. The highest BCUT2D eigenvalue weighted by Crippen LogP contribution is 2.46. The first-order valence-electron chi connectivity index (χ1n) is 6.56. The smallest absolute Gasteiger partial charge is 0.313 e. The molecule has 1 aliphatic carbocycles. The van der Waals surface area contributed by atoms with Crippen LogP contribution < -0.4 is 4.74 Å². The van der Waals surface area contributed by atoms with Crippen molar-refractivity contribution in [1.29, 1.82) is 0 Å². The number of aliphatic hydroxyl groups is 1. The molecule has 0 aliphatic heterocycles. The standard InChI is InChI=1S/C15H20O4/c1-4-9-8-11(16)14-10(13(9)15(17)19-3)6-5-7-12(14)18-2/h5-7,9,11,13,16H,4,8H2,1-3H3. The molecule has 0 bridgehead atoms. The molecule has 4 heteroatoms. The largest absolute Gasteiger partial charge is 0.496 e. The molecular formula is C15H20O4. The predicted octanol–water partition coefficient (Wildman–Crippen LogP) is 2.42. The van der Waals surface area contributed by atoms with E-state index in [-0.39, 0.29) is 17.8 Å².